The summed E-state index contributed by atoms with van der Waals surface area (Å²) >= 11 is 0. The van der Waals surface area contributed by atoms with Crippen LogP contribution in [0.5, 0.6) is 5.75 Å². The molecule has 0 heterocycles. The number of esters is 1. The first-order valence-corrected chi connectivity index (χ1v) is 15.1. The van der Waals surface area contributed by atoms with E-state index in [0.717, 1.165) is 11.0 Å². The van der Waals surface area contributed by atoms with E-state index in [9.17, 15) is 44.4 Å². The van der Waals surface area contributed by atoms with Crippen molar-refractivity contribution in [2.45, 2.75) is 88.8 Å². The maximum Gasteiger partial charge on any atom is 0.409 e. The summed E-state index contributed by atoms with van der Waals surface area (Å²) in [7, 11) is 2.69. The van der Waals surface area contributed by atoms with Crippen LogP contribution in [0.25, 0.3) is 0 Å². The molecule has 0 fully saturated rings. The Morgan fingerprint density at radius 1 is 1.02 bits per heavy atom. The number of phenolic OH excluding ortho intramolecular Hbond substituents is 1. The zero-order valence-electron chi connectivity index (χ0n) is 27.8. The Morgan fingerprint density at radius 2 is 1.62 bits per heavy atom. The minimum atomic E-state index is -2.74. The number of aromatic hydroxyl groups is 1. The molecule has 0 saturated heterocycles. The van der Waals surface area contributed by atoms with Gasteiger partial charge in [-0.15, -0.1) is 0 Å². The number of fused-ring (bicyclic) bond motifs is 3. The lowest BCUT2D eigenvalue weighted by Crippen LogP contribution is -2.77. The van der Waals surface area contributed by atoms with Gasteiger partial charge in [0.15, 0.2) is 34.7 Å². The molecule has 14 nitrogen and oxygen atoms in total. The lowest BCUT2D eigenvalue weighted by molar-refractivity contribution is -0.171. The number of nitrogens with two attached hydrogens (primary N) is 1. The van der Waals surface area contributed by atoms with Gasteiger partial charge in [0.1, 0.15) is 22.7 Å². The van der Waals surface area contributed by atoms with Crippen molar-refractivity contribution in [3.8, 4) is 5.75 Å². The third-order valence-electron chi connectivity index (χ3n) is 8.83. The first-order chi connectivity index (χ1) is 21.4. The Bertz CT molecular complexity index is 1620. The summed E-state index contributed by atoms with van der Waals surface area (Å²) < 4.78 is 11.0. The summed E-state index contributed by atoms with van der Waals surface area (Å²) in [5.41, 5.74) is -3.92. The predicted molar refractivity (Wildman–Crippen MR) is 166 cm³/mol. The molecule has 3 aliphatic rings. The van der Waals surface area contributed by atoms with Gasteiger partial charge in [0.25, 0.3) is 0 Å². The van der Waals surface area contributed by atoms with Crippen molar-refractivity contribution in [3.63, 3.8) is 0 Å². The lowest BCUT2D eigenvalue weighted by atomic mass is 9.61. The molecule has 1 aromatic rings. The van der Waals surface area contributed by atoms with Crippen molar-refractivity contribution >= 4 is 29.9 Å². The normalized spacial score (nSPS) is 25.4. The molecule has 256 valence electrons. The molecule has 1 amide bonds. The minimum Gasteiger partial charge on any atom is -0.512 e. The summed E-state index contributed by atoms with van der Waals surface area (Å²) in [6.45, 7) is 9.36. The van der Waals surface area contributed by atoms with Crippen molar-refractivity contribution in [3.05, 3.63) is 52.0 Å². The average Bonchev–Trinajstić information content (AvgIpc) is 2.91. The molecular formula is C33H43N3O11. The van der Waals surface area contributed by atoms with Gasteiger partial charge < -0.3 is 35.6 Å². The Labute approximate surface area is 272 Å². The van der Waals surface area contributed by atoms with Crippen molar-refractivity contribution in [2.24, 2.45) is 17.6 Å². The summed E-state index contributed by atoms with van der Waals surface area (Å²) in [6.07, 6.45) is -0.125. The molecule has 5 unspecified atom stereocenters. The van der Waals surface area contributed by atoms with E-state index >= 15 is 0 Å². The van der Waals surface area contributed by atoms with E-state index in [-0.39, 0.29) is 36.9 Å². The van der Waals surface area contributed by atoms with Crippen LogP contribution in [0.15, 0.2) is 35.3 Å². The fraction of sp³-hybridized carbons (Fsp3) is 0.545. The number of alkyl carbamates (subject to hydrolysis) is 1. The summed E-state index contributed by atoms with van der Waals surface area (Å²) in [5.74, 6) is -6.79. The SMILES string of the molecule is CN(C)C(C=O)(NC(=O)OC(C)(C)C)C(N)(C(=O)OC(C)(C)C)c1ccc2c(c1O)C(=O)C1=C(O)C3(O)C(=O)C=C(O)CC3CC1C2. The predicted octanol–water partition coefficient (Wildman–Crippen LogP) is 2.20. The smallest absolute Gasteiger partial charge is 0.409 e. The Morgan fingerprint density at radius 3 is 2.15 bits per heavy atom. The second-order valence-electron chi connectivity index (χ2n) is 14.6. The number of likely N-dealkylation sites (N-methyl/N-ethyl adjacent to an activating group) is 1. The van der Waals surface area contributed by atoms with Gasteiger partial charge in [-0.2, -0.15) is 0 Å². The highest BCUT2D eigenvalue weighted by atomic mass is 16.6. The molecule has 47 heavy (non-hydrogen) atoms. The second-order valence-corrected chi connectivity index (χ2v) is 14.6. The fourth-order valence-electron chi connectivity index (χ4n) is 6.68. The molecule has 4 rings (SSSR count). The third kappa shape index (κ3) is 5.68. The molecule has 0 radical (unpaired) electrons. The van der Waals surface area contributed by atoms with Crippen LogP contribution in [0.3, 0.4) is 0 Å². The summed E-state index contributed by atoms with van der Waals surface area (Å²) in [5, 5.41) is 46.9. The monoisotopic (exact) mass is 657 g/mol. The van der Waals surface area contributed by atoms with E-state index in [0.29, 0.717) is 5.56 Å². The van der Waals surface area contributed by atoms with Gasteiger partial charge in [-0.05, 0) is 80.0 Å². The second kappa shape index (κ2) is 11.5. The third-order valence-corrected chi connectivity index (χ3v) is 8.83. The van der Waals surface area contributed by atoms with Gasteiger partial charge in [0.2, 0.25) is 0 Å². The maximum absolute atomic E-state index is 14.1. The topological polar surface area (TPSA) is 226 Å². The summed E-state index contributed by atoms with van der Waals surface area (Å²) in [6, 6.07) is 2.67. The number of nitrogens with one attached hydrogen (secondary N) is 1. The molecular weight excluding hydrogens is 614 g/mol. The van der Waals surface area contributed by atoms with Gasteiger partial charge in [0, 0.05) is 29.6 Å². The van der Waals surface area contributed by atoms with E-state index in [1.54, 1.807) is 41.5 Å². The Balaban J connectivity index is 1.97. The van der Waals surface area contributed by atoms with Crippen LogP contribution in [0, 0.1) is 11.8 Å². The number of carbonyl (C=O) groups is 5. The van der Waals surface area contributed by atoms with Crippen LogP contribution in [-0.4, -0.2) is 91.8 Å². The van der Waals surface area contributed by atoms with E-state index in [4.69, 9.17) is 15.2 Å². The van der Waals surface area contributed by atoms with E-state index in [2.05, 4.69) is 5.32 Å². The van der Waals surface area contributed by atoms with Crippen molar-refractivity contribution < 1.29 is 53.9 Å². The number of ketones is 2. The van der Waals surface area contributed by atoms with Gasteiger partial charge in [-0.1, -0.05) is 12.1 Å². The van der Waals surface area contributed by atoms with Gasteiger partial charge >= 0.3 is 12.1 Å². The van der Waals surface area contributed by atoms with Gasteiger partial charge in [0.05, 0.1) is 11.3 Å². The molecule has 3 aliphatic carbocycles. The van der Waals surface area contributed by atoms with E-state index in [1.807, 2.05) is 0 Å². The van der Waals surface area contributed by atoms with E-state index in [1.165, 1.54) is 26.2 Å². The first kappa shape index (κ1) is 35.6. The van der Waals surface area contributed by atoms with E-state index < -0.39 is 86.1 Å². The zero-order chi connectivity index (χ0) is 35.7. The molecule has 0 aliphatic heterocycles. The number of amides is 1. The van der Waals surface area contributed by atoms with Gasteiger partial charge in [-0.3, -0.25) is 24.6 Å². The number of allylic oxidation sites excluding steroid dienone is 2. The average molecular weight is 658 g/mol. The number of hydrogen-bond donors (Lipinski definition) is 6. The molecule has 0 bridgehead atoms. The number of Topliss-reactive ketones (excluding diaryl/α,β-unsaturated/α-hetero) is 1. The number of ether oxygens (including phenoxy) is 2. The molecule has 5 atom stereocenters. The number of rotatable bonds is 6. The highest BCUT2D eigenvalue weighted by molar-refractivity contribution is 6.15. The largest absolute Gasteiger partial charge is 0.512 e. The zero-order valence-corrected chi connectivity index (χ0v) is 27.8. The van der Waals surface area contributed by atoms with Gasteiger partial charge in [-0.25, -0.2) is 9.59 Å². The number of hydrogen-bond acceptors (Lipinski definition) is 13. The number of aliphatic hydroxyl groups excluding tert-OH is 2. The summed E-state index contributed by atoms with van der Waals surface area (Å²) in [4.78, 5) is 68.5. The van der Waals surface area contributed by atoms with Crippen molar-refractivity contribution in [1.82, 2.24) is 10.2 Å². The van der Waals surface area contributed by atoms with Crippen molar-refractivity contribution in [2.75, 3.05) is 14.1 Å². The Hall–Kier alpha value is -4.27. The number of benzene rings is 1. The van der Waals surface area contributed by atoms with Crippen LogP contribution in [0.2, 0.25) is 0 Å². The molecule has 14 heteroatoms. The molecule has 7 N–H and O–H groups in total. The number of nitrogens with zero attached hydrogens (tertiary/aromatic N) is 1. The van der Waals surface area contributed by atoms with Crippen LogP contribution < -0.4 is 11.1 Å². The maximum atomic E-state index is 14.1. The highest BCUT2D eigenvalue weighted by Gasteiger charge is 2.63. The molecule has 0 aromatic heterocycles. The van der Waals surface area contributed by atoms with Crippen LogP contribution in [0.4, 0.5) is 4.79 Å². The van der Waals surface area contributed by atoms with Crippen LogP contribution >= 0.6 is 0 Å². The number of phenols is 1. The minimum absolute atomic E-state index is 0.0562. The quantitative estimate of drug-likeness (QED) is 0.147. The molecule has 0 spiro atoms. The number of aliphatic hydroxyl groups is 3. The van der Waals surface area contributed by atoms with Crippen molar-refractivity contribution in [1.29, 1.82) is 0 Å². The Kier molecular flexibility index (Phi) is 8.67. The molecule has 1 aromatic carbocycles. The molecule has 0 saturated carbocycles. The van der Waals surface area contributed by atoms with Crippen LogP contribution in [0.1, 0.15) is 75.9 Å². The lowest BCUT2D eigenvalue weighted by Gasteiger charge is -2.48. The number of aldehydes is 1. The number of carbonyl (C=O) groups excluding carboxylic acids is 5. The first-order valence-electron chi connectivity index (χ1n) is 15.1. The highest BCUT2D eigenvalue weighted by Crippen LogP contribution is 2.51. The fourth-order valence-corrected chi connectivity index (χ4v) is 6.68. The standard InChI is InChI=1S/C33H43N3O11/c1-29(2,3)46-27(43)33(34,31(15-37,36(7)8)35-28(44)47-30(4,5)6)20-10-9-16-11-17-12-18-13-19(38)14-21(39)32(18,45)26(42)23(17)25(41)22(16)24(20)40/h9-10,14-15,17-18,38,40,42,45H,11-13,34H2,1-8H3,(H,35,44). The van der Waals surface area contributed by atoms with Crippen LogP contribution in [-0.2, 0) is 35.8 Å².